The third-order valence-corrected chi connectivity index (χ3v) is 4.36. The average molecular weight is 380 g/mol. The van der Waals surface area contributed by atoms with Crippen molar-refractivity contribution in [3.8, 4) is 5.75 Å². The number of rotatable bonds is 4. The highest BCUT2D eigenvalue weighted by Gasteiger charge is 2.10. The quantitative estimate of drug-likeness (QED) is 0.581. The van der Waals surface area contributed by atoms with Crippen LogP contribution >= 0.6 is 50.7 Å². The van der Waals surface area contributed by atoms with Crippen LogP contribution in [0.1, 0.15) is 11.1 Å². The van der Waals surface area contributed by atoms with Crippen molar-refractivity contribution >= 4 is 50.7 Å². The molecule has 0 bridgehead atoms. The van der Waals surface area contributed by atoms with Crippen LogP contribution in [-0.2, 0) is 11.9 Å². The predicted molar refractivity (Wildman–Crippen MR) is 84.9 cm³/mol. The monoisotopic (exact) mass is 378 g/mol. The Hall–Kier alpha value is -0.410. The highest BCUT2D eigenvalue weighted by molar-refractivity contribution is 9.08. The highest BCUT2D eigenvalue weighted by Crippen LogP contribution is 2.32. The fraction of sp³-hybridized carbons (Fsp3) is 0.143. The summed E-state index contributed by atoms with van der Waals surface area (Å²) in [7, 11) is 0. The molecule has 0 aromatic heterocycles. The van der Waals surface area contributed by atoms with Gasteiger partial charge in [-0.25, -0.2) is 0 Å². The van der Waals surface area contributed by atoms with E-state index in [0.717, 1.165) is 11.1 Å². The van der Waals surface area contributed by atoms with Crippen LogP contribution in [-0.4, -0.2) is 0 Å². The lowest BCUT2D eigenvalue weighted by Gasteiger charge is -2.13. The summed E-state index contributed by atoms with van der Waals surface area (Å²) in [6.45, 7) is 0.323. The maximum Gasteiger partial charge on any atom is 0.142 e. The molecule has 0 fully saturated rings. The smallest absolute Gasteiger partial charge is 0.142 e. The molecule has 0 heterocycles. The summed E-state index contributed by atoms with van der Waals surface area (Å²) in [5, 5.41) is 2.28. The average Bonchev–Trinajstić information content (AvgIpc) is 2.41. The van der Waals surface area contributed by atoms with E-state index in [1.807, 2.05) is 24.3 Å². The molecule has 0 saturated heterocycles. The fourth-order valence-electron chi connectivity index (χ4n) is 1.63. The topological polar surface area (TPSA) is 9.23 Å². The summed E-state index contributed by atoms with van der Waals surface area (Å²) in [6.07, 6.45) is 0. The van der Waals surface area contributed by atoms with Gasteiger partial charge in [-0.05, 0) is 12.1 Å². The van der Waals surface area contributed by atoms with E-state index in [4.69, 9.17) is 39.5 Å². The standard InChI is InChI=1S/C14H10BrCl3O/c15-7-9-3-1-6-12(17)14(9)19-8-10-4-2-5-11(16)13(10)18/h1-6H,7-8H2. The fourth-order valence-corrected chi connectivity index (χ4v) is 2.70. The minimum Gasteiger partial charge on any atom is -0.487 e. The van der Waals surface area contributed by atoms with E-state index >= 15 is 0 Å². The number of hydrogen-bond donors (Lipinski definition) is 0. The van der Waals surface area contributed by atoms with Crippen LogP contribution in [0.25, 0.3) is 0 Å². The summed E-state index contributed by atoms with van der Waals surface area (Å²) < 4.78 is 5.78. The number of hydrogen-bond acceptors (Lipinski definition) is 1. The molecule has 0 N–H and O–H groups in total. The lowest BCUT2D eigenvalue weighted by molar-refractivity contribution is 0.304. The zero-order chi connectivity index (χ0) is 13.8. The Balaban J connectivity index is 2.21. The van der Waals surface area contributed by atoms with Crippen molar-refractivity contribution in [2.45, 2.75) is 11.9 Å². The Morgan fingerprint density at radius 1 is 0.895 bits per heavy atom. The van der Waals surface area contributed by atoms with E-state index in [9.17, 15) is 0 Å². The van der Waals surface area contributed by atoms with Gasteiger partial charge in [-0.2, -0.15) is 0 Å². The lowest BCUT2D eigenvalue weighted by atomic mass is 10.2. The molecule has 0 unspecified atom stereocenters. The maximum atomic E-state index is 6.14. The van der Waals surface area contributed by atoms with Gasteiger partial charge in [0.15, 0.2) is 0 Å². The first kappa shape index (κ1) is 15.0. The van der Waals surface area contributed by atoms with Gasteiger partial charge in [0.1, 0.15) is 12.4 Å². The maximum absolute atomic E-state index is 6.14. The summed E-state index contributed by atoms with van der Waals surface area (Å²) in [4.78, 5) is 0. The van der Waals surface area contributed by atoms with Gasteiger partial charge in [-0.1, -0.05) is 75.0 Å². The third kappa shape index (κ3) is 3.57. The normalized spacial score (nSPS) is 10.5. The number of ether oxygens (including phenoxy) is 1. The summed E-state index contributed by atoms with van der Waals surface area (Å²) in [6, 6.07) is 11.1. The van der Waals surface area contributed by atoms with E-state index < -0.39 is 0 Å². The third-order valence-electron chi connectivity index (χ3n) is 2.60. The molecule has 0 radical (unpaired) electrons. The van der Waals surface area contributed by atoms with Gasteiger partial charge in [0.05, 0.1) is 15.1 Å². The van der Waals surface area contributed by atoms with Gasteiger partial charge in [0, 0.05) is 16.5 Å². The van der Waals surface area contributed by atoms with Crippen LogP contribution in [0.15, 0.2) is 36.4 Å². The van der Waals surface area contributed by atoms with Gasteiger partial charge < -0.3 is 4.74 Å². The molecule has 0 aliphatic rings. The molecule has 0 saturated carbocycles. The zero-order valence-corrected chi connectivity index (χ0v) is 13.7. The Labute approximate surface area is 135 Å². The second-order valence-electron chi connectivity index (χ2n) is 3.86. The molecule has 100 valence electrons. The highest BCUT2D eigenvalue weighted by atomic mass is 79.9. The largest absolute Gasteiger partial charge is 0.487 e. The van der Waals surface area contributed by atoms with E-state index in [1.54, 1.807) is 12.1 Å². The molecule has 0 aliphatic carbocycles. The SMILES string of the molecule is Clc1cccc(COc2c(Cl)cccc2CBr)c1Cl. The summed E-state index contributed by atoms with van der Waals surface area (Å²) in [5.74, 6) is 0.664. The molecule has 0 atom stereocenters. The number of halogens is 4. The zero-order valence-electron chi connectivity index (χ0n) is 9.80. The molecule has 2 aromatic carbocycles. The van der Waals surface area contributed by atoms with Crippen molar-refractivity contribution in [2.75, 3.05) is 0 Å². The van der Waals surface area contributed by atoms with Crippen LogP contribution in [0.5, 0.6) is 5.75 Å². The van der Waals surface area contributed by atoms with Crippen molar-refractivity contribution < 1.29 is 4.74 Å². The van der Waals surface area contributed by atoms with Crippen molar-refractivity contribution in [1.82, 2.24) is 0 Å². The van der Waals surface area contributed by atoms with Crippen LogP contribution in [0, 0.1) is 0 Å². The Kier molecular flexibility index (Phi) is 5.40. The van der Waals surface area contributed by atoms with Gasteiger partial charge >= 0.3 is 0 Å². The minimum atomic E-state index is 0.323. The van der Waals surface area contributed by atoms with Crippen LogP contribution in [0.2, 0.25) is 15.1 Å². The number of benzene rings is 2. The Bertz CT molecular complexity index is 587. The second-order valence-corrected chi connectivity index (χ2v) is 5.62. The summed E-state index contributed by atoms with van der Waals surface area (Å²) in [5.41, 5.74) is 1.82. The Morgan fingerprint density at radius 2 is 1.53 bits per heavy atom. The minimum absolute atomic E-state index is 0.323. The lowest BCUT2D eigenvalue weighted by Crippen LogP contribution is -1.99. The van der Waals surface area contributed by atoms with Crippen molar-refractivity contribution in [3.05, 3.63) is 62.6 Å². The molecule has 19 heavy (non-hydrogen) atoms. The molecule has 1 nitrogen and oxygen atoms in total. The van der Waals surface area contributed by atoms with Crippen molar-refractivity contribution in [3.63, 3.8) is 0 Å². The van der Waals surface area contributed by atoms with Crippen LogP contribution in [0.3, 0.4) is 0 Å². The van der Waals surface area contributed by atoms with Crippen LogP contribution in [0.4, 0.5) is 0 Å². The molecule has 2 aromatic rings. The van der Waals surface area contributed by atoms with E-state index in [1.165, 1.54) is 0 Å². The van der Waals surface area contributed by atoms with Gasteiger partial charge in [0.2, 0.25) is 0 Å². The Morgan fingerprint density at radius 3 is 2.21 bits per heavy atom. The number of alkyl halides is 1. The second kappa shape index (κ2) is 6.85. The van der Waals surface area contributed by atoms with Gasteiger partial charge in [-0.3, -0.25) is 0 Å². The molecule has 0 spiro atoms. The van der Waals surface area contributed by atoms with E-state index in [2.05, 4.69) is 15.9 Å². The molecule has 2 rings (SSSR count). The van der Waals surface area contributed by atoms with Crippen molar-refractivity contribution in [2.24, 2.45) is 0 Å². The van der Waals surface area contributed by atoms with Crippen molar-refractivity contribution in [1.29, 1.82) is 0 Å². The number of para-hydroxylation sites is 1. The van der Waals surface area contributed by atoms with Gasteiger partial charge in [-0.15, -0.1) is 0 Å². The first-order valence-corrected chi connectivity index (χ1v) is 7.78. The molecular weight excluding hydrogens is 370 g/mol. The van der Waals surface area contributed by atoms with E-state index in [-0.39, 0.29) is 0 Å². The molecule has 5 heteroatoms. The molecular formula is C14H10BrCl3O. The van der Waals surface area contributed by atoms with Crippen LogP contribution < -0.4 is 4.74 Å². The summed E-state index contributed by atoms with van der Waals surface area (Å²) >= 11 is 21.6. The first-order chi connectivity index (χ1) is 9.13. The van der Waals surface area contributed by atoms with E-state index in [0.29, 0.717) is 32.8 Å². The molecule has 0 amide bonds. The predicted octanol–water partition coefficient (Wildman–Crippen LogP) is 6.12. The molecule has 0 aliphatic heterocycles. The first-order valence-electron chi connectivity index (χ1n) is 5.52. The van der Waals surface area contributed by atoms with Gasteiger partial charge in [0.25, 0.3) is 0 Å².